The third-order valence-corrected chi connectivity index (χ3v) is 12.7. The number of nitrogen functional groups attached to an aromatic ring is 1. The summed E-state index contributed by atoms with van der Waals surface area (Å²) in [4.78, 5) is 10.8. The molecule has 0 saturated carbocycles. The number of fused-ring (bicyclic) bond motifs is 2. The summed E-state index contributed by atoms with van der Waals surface area (Å²) in [6, 6.07) is 35.4. The minimum absolute atomic E-state index is 0.0169. The highest BCUT2D eigenvalue weighted by Gasteiger charge is 2.22. The highest BCUT2D eigenvalue weighted by atomic mass is 32.2. The van der Waals surface area contributed by atoms with Gasteiger partial charge in [0, 0.05) is 40.7 Å². The van der Waals surface area contributed by atoms with Crippen molar-refractivity contribution in [2.45, 2.75) is 37.5 Å². The van der Waals surface area contributed by atoms with Crippen LogP contribution in [0.2, 0.25) is 0 Å². The first-order chi connectivity index (χ1) is 32.9. The Morgan fingerprint density at radius 1 is 0.464 bits per heavy atom. The zero-order chi connectivity index (χ0) is 49.2. The normalized spacial score (nSPS) is 12.3. The number of carbonyl (C=O) groups excluding carboxylic acids is 1. The smallest absolute Gasteiger partial charge is 0.437 e. The van der Waals surface area contributed by atoms with Crippen LogP contribution in [0.4, 0.5) is 62.6 Å². The van der Waals surface area contributed by atoms with E-state index in [4.69, 9.17) is 5.73 Å². The van der Waals surface area contributed by atoms with Crippen molar-refractivity contribution in [3.63, 3.8) is 0 Å². The standard InChI is InChI=1S/C49H38N10O8S2/c1-28-19-36(12-17-41(28)53-51-35-13-18-42(29(2)20-35)54-58-46-26-40-32(24-48(46)69(65,66)67)7-5-10-47(40)68(62,63)64)52-56-44-21-31(4)45(22-30(44)3)57-55-43-16-11-33-23-38(14-15-39(33)49(43)61)59(27-60)37-9-6-8-34(50)25-37/h5-26H,50H2,1-4H3,(H2-,51,52,57,58,61,62,63,64,65,66,67)/p+1. The first kappa shape index (κ1) is 47.0. The molecule has 0 amide bonds. The monoisotopic (exact) mass is 959 g/mol. The highest BCUT2D eigenvalue weighted by Crippen LogP contribution is 2.40. The lowest BCUT2D eigenvalue weighted by Crippen LogP contribution is -2.02. The largest absolute Gasteiger partial charge is 0.505 e. The third-order valence-electron chi connectivity index (χ3n) is 10.9. The fourth-order valence-electron chi connectivity index (χ4n) is 7.27. The molecule has 18 nitrogen and oxygen atoms in total. The minimum atomic E-state index is -4.80. The number of hydrogen-bond donors (Lipinski definition) is 4. The Morgan fingerprint density at radius 3 is 1.57 bits per heavy atom. The molecule has 344 valence electrons. The van der Waals surface area contributed by atoms with Gasteiger partial charge in [-0.15, -0.1) is 10.2 Å². The molecule has 69 heavy (non-hydrogen) atoms. The van der Waals surface area contributed by atoms with E-state index in [2.05, 4.69) is 40.9 Å². The first-order valence-corrected chi connectivity index (χ1v) is 23.5. The molecule has 0 saturated heterocycles. The average Bonchev–Trinajstić information content (AvgIpc) is 3.30. The minimum Gasteiger partial charge on any atom is -0.505 e. The number of hydrogen-bond acceptors (Lipinski definition) is 15. The fraction of sp³-hybridized carbons (Fsp3) is 0.0816. The van der Waals surface area contributed by atoms with Crippen LogP contribution in [0.1, 0.15) is 22.3 Å². The number of nitrogens with two attached hydrogens (primary N) is 1. The van der Waals surface area contributed by atoms with Gasteiger partial charge in [-0.25, -0.2) is 0 Å². The zero-order valence-corrected chi connectivity index (χ0v) is 38.6. The van der Waals surface area contributed by atoms with Crippen molar-refractivity contribution in [3.05, 3.63) is 156 Å². The maximum absolute atomic E-state index is 12.2. The van der Waals surface area contributed by atoms with Crippen LogP contribution in [0.15, 0.2) is 184 Å². The molecule has 0 unspecified atom stereocenters. The molecule has 0 atom stereocenters. The van der Waals surface area contributed by atoms with Crippen molar-refractivity contribution in [2.75, 3.05) is 5.73 Å². The van der Waals surface area contributed by atoms with Gasteiger partial charge in [0.2, 0.25) is 11.4 Å². The molecule has 0 heterocycles. The van der Waals surface area contributed by atoms with Gasteiger partial charge >= 0.3 is 6.08 Å². The molecule has 0 bridgehead atoms. The third kappa shape index (κ3) is 10.4. The maximum Gasteiger partial charge on any atom is 0.437 e. The molecular formula is C49H39N10O8S2+. The Labute approximate surface area is 394 Å². The Morgan fingerprint density at radius 2 is 0.971 bits per heavy atom. The highest BCUT2D eigenvalue weighted by molar-refractivity contribution is 7.86. The van der Waals surface area contributed by atoms with E-state index in [1.54, 1.807) is 91.9 Å². The molecule has 0 spiro atoms. The van der Waals surface area contributed by atoms with E-state index in [9.17, 15) is 35.8 Å². The second-order valence-corrected chi connectivity index (χ2v) is 18.6. The maximum atomic E-state index is 12.2. The van der Waals surface area contributed by atoms with Crippen molar-refractivity contribution in [1.82, 2.24) is 4.58 Å². The first-order valence-electron chi connectivity index (χ1n) is 20.7. The van der Waals surface area contributed by atoms with Crippen molar-refractivity contribution in [1.29, 1.82) is 0 Å². The van der Waals surface area contributed by atoms with E-state index in [1.165, 1.54) is 16.7 Å². The topological polar surface area (TPSA) is 274 Å². The van der Waals surface area contributed by atoms with Gasteiger partial charge in [0.25, 0.3) is 20.2 Å². The van der Waals surface area contributed by atoms with Crippen LogP contribution in [0, 0.1) is 27.7 Å². The van der Waals surface area contributed by atoms with E-state index in [0.717, 1.165) is 34.9 Å². The summed E-state index contributed by atoms with van der Waals surface area (Å²) in [5, 5.41) is 47.1. The predicted octanol–water partition coefficient (Wildman–Crippen LogP) is 13.8. The predicted molar refractivity (Wildman–Crippen MR) is 262 cm³/mol. The van der Waals surface area contributed by atoms with Gasteiger partial charge in [-0.1, -0.05) is 28.8 Å². The lowest BCUT2D eigenvalue weighted by molar-refractivity contribution is 0.482. The summed E-state index contributed by atoms with van der Waals surface area (Å²) < 4.78 is 69.4. The number of azo groups is 4. The molecule has 0 fully saturated rings. The van der Waals surface area contributed by atoms with E-state index in [1.807, 2.05) is 45.1 Å². The molecule has 0 aliphatic carbocycles. The van der Waals surface area contributed by atoms with E-state index < -0.39 is 30.0 Å². The van der Waals surface area contributed by atoms with Gasteiger partial charge in [-0.05, 0) is 146 Å². The molecule has 20 heteroatoms. The molecule has 8 aromatic rings. The van der Waals surface area contributed by atoms with Gasteiger partial charge in [-0.2, -0.15) is 52.3 Å². The van der Waals surface area contributed by atoms with Gasteiger partial charge < -0.3 is 10.8 Å². The van der Waals surface area contributed by atoms with Crippen molar-refractivity contribution < 1.29 is 35.8 Å². The number of anilines is 1. The molecule has 0 radical (unpaired) electrons. The number of nitrogens with zero attached hydrogens (tertiary/aromatic N) is 9. The molecule has 8 rings (SSSR count). The number of isocyanates is 1. The average molecular weight is 960 g/mol. The van der Waals surface area contributed by atoms with Gasteiger partial charge in [-0.3, -0.25) is 9.11 Å². The van der Waals surface area contributed by atoms with Crippen LogP contribution in [0.3, 0.4) is 0 Å². The lowest BCUT2D eigenvalue weighted by atomic mass is 10.1. The molecular weight excluding hydrogens is 921 g/mol. The number of benzene rings is 8. The van der Waals surface area contributed by atoms with E-state index in [-0.39, 0.29) is 27.9 Å². The fourth-order valence-corrected chi connectivity index (χ4v) is 8.61. The van der Waals surface area contributed by atoms with E-state index >= 15 is 0 Å². The number of phenolic OH excluding ortho intramolecular Hbond substituents is 1. The molecule has 8 aromatic carbocycles. The van der Waals surface area contributed by atoms with Gasteiger partial charge in [0.1, 0.15) is 21.2 Å². The summed E-state index contributed by atoms with van der Waals surface area (Å²) in [7, 11) is -9.47. The van der Waals surface area contributed by atoms with Crippen molar-refractivity contribution >= 4 is 110 Å². The van der Waals surface area contributed by atoms with Crippen molar-refractivity contribution in [2.24, 2.45) is 40.9 Å². The summed E-state index contributed by atoms with van der Waals surface area (Å²) in [6.07, 6.45) is 1.93. The number of phenols is 1. The quantitative estimate of drug-likeness (QED) is 0.0226. The Bertz CT molecular complexity index is 3830. The summed E-state index contributed by atoms with van der Waals surface area (Å²) in [5.41, 5.74) is 13.5. The van der Waals surface area contributed by atoms with Crippen LogP contribution in [0.5, 0.6) is 5.75 Å². The van der Waals surface area contributed by atoms with Crippen molar-refractivity contribution in [3.8, 4) is 5.75 Å². The van der Waals surface area contributed by atoms with Gasteiger partial charge in [0.15, 0.2) is 5.75 Å². The van der Waals surface area contributed by atoms with Gasteiger partial charge in [0.05, 0.1) is 34.1 Å². The van der Waals surface area contributed by atoms with Crippen LogP contribution in [-0.4, -0.2) is 37.1 Å². The molecule has 0 aliphatic heterocycles. The van der Waals surface area contributed by atoms with Crippen LogP contribution >= 0.6 is 0 Å². The summed E-state index contributed by atoms with van der Waals surface area (Å²) >= 11 is 0. The SMILES string of the molecule is Cc1cc(N=Nc2cc(C)c(N=Nc3ccc4cc([N+](=C=O)c5cccc(N)c5)ccc4c3O)cc2C)ccc1N=Nc1ccc(N=Nc2cc3c(S(=O)(=O)O)cccc3cc2S(=O)(=O)O)c(C)c1. The summed E-state index contributed by atoms with van der Waals surface area (Å²) in [6.45, 7) is 7.33. The second kappa shape index (κ2) is 19.0. The Balaban J connectivity index is 0.939. The van der Waals surface area contributed by atoms with Crippen LogP contribution in [0.25, 0.3) is 21.5 Å². The van der Waals surface area contributed by atoms with Crippen LogP contribution < -0.4 is 10.3 Å². The molecule has 0 aromatic heterocycles. The zero-order valence-electron chi connectivity index (χ0n) is 37.0. The molecule has 5 N–H and O–H groups in total. The number of aromatic hydroxyl groups is 1. The number of aryl methyl sites for hydroxylation is 4. The van der Waals surface area contributed by atoms with Crippen LogP contribution in [-0.2, 0) is 25.0 Å². The molecule has 0 aliphatic rings. The number of rotatable bonds is 12. The Kier molecular flexibility index (Phi) is 12.9. The lowest BCUT2D eigenvalue weighted by Gasteiger charge is -2.08. The van der Waals surface area contributed by atoms with E-state index in [0.29, 0.717) is 67.5 Å². The summed E-state index contributed by atoms with van der Waals surface area (Å²) in [5.74, 6) is -0.0640. The Hall–Kier alpha value is -8.52. The second-order valence-electron chi connectivity index (χ2n) is 15.8.